The zero-order valence-electron chi connectivity index (χ0n) is 9.86. The maximum Gasteiger partial charge on any atom is 0.00824 e. The van der Waals surface area contributed by atoms with Crippen molar-refractivity contribution in [3.05, 3.63) is 35.9 Å². The summed E-state index contributed by atoms with van der Waals surface area (Å²) in [6, 6.07) is 11.0. The fourth-order valence-corrected chi connectivity index (χ4v) is 2.46. The highest BCUT2D eigenvalue weighted by Gasteiger charge is 2.19. The summed E-state index contributed by atoms with van der Waals surface area (Å²) in [6.45, 7) is 2.28. The largest absolute Gasteiger partial charge is 0.327 e. The molecule has 0 spiro atoms. The van der Waals surface area contributed by atoms with E-state index in [1.54, 1.807) is 0 Å². The second kappa shape index (κ2) is 6.02. The minimum Gasteiger partial charge on any atom is -0.327 e. The quantitative estimate of drug-likeness (QED) is 0.810. The van der Waals surface area contributed by atoms with Crippen molar-refractivity contribution < 1.29 is 0 Å². The van der Waals surface area contributed by atoms with Crippen molar-refractivity contribution in [3.63, 3.8) is 0 Å². The van der Waals surface area contributed by atoms with Crippen LogP contribution in [-0.2, 0) is 6.42 Å². The molecule has 0 saturated carbocycles. The molecule has 1 saturated heterocycles. The lowest BCUT2D eigenvalue weighted by Crippen LogP contribution is -2.41. The zero-order valence-corrected chi connectivity index (χ0v) is 9.86. The summed E-state index contributed by atoms with van der Waals surface area (Å²) in [4.78, 5) is 0. The number of nitrogens with one attached hydrogen (secondary N) is 1. The SMILES string of the molecule is NC(CCc1ccccc1)C1CCCNC1. The number of hydrogen-bond acceptors (Lipinski definition) is 2. The molecule has 1 aromatic rings. The van der Waals surface area contributed by atoms with Crippen LogP contribution in [0.1, 0.15) is 24.8 Å². The molecule has 2 rings (SSSR count). The van der Waals surface area contributed by atoms with Crippen molar-refractivity contribution in [1.82, 2.24) is 5.32 Å². The van der Waals surface area contributed by atoms with Gasteiger partial charge in [-0.05, 0) is 50.3 Å². The first-order valence-corrected chi connectivity index (χ1v) is 6.36. The molecule has 0 radical (unpaired) electrons. The molecular weight excluding hydrogens is 196 g/mol. The molecule has 2 heteroatoms. The second-order valence-electron chi connectivity index (χ2n) is 4.79. The average Bonchev–Trinajstić information content (AvgIpc) is 2.38. The van der Waals surface area contributed by atoms with E-state index in [-0.39, 0.29) is 0 Å². The van der Waals surface area contributed by atoms with Gasteiger partial charge in [0.15, 0.2) is 0 Å². The van der Waals surface area contributed by atoms with Gasteiger partial charge in [0.05, 0.1) is 0 Å². The number of rotatable bonds is 4. The summed E-state index contributed by atoms with van der Waals surface area (Å²) < 4.78 is 0. The molecule has 1 heterocycles. The zero-order chi connectivity index (χ0) is 11.2. The van der Waals surface area contributed by atoms with E-state index in [0.29, 0.717) is 12.0 Å². The lowest BCUT2D eigenvalue weighted by Gasteiger charge is -2.28. The standard InChI is InChI=1S/C14H22N2/c15-14(13-7-4-10-16-11-13)9-8-12-5-2-1-3-6-12/h1-3,5-6,13-14,16H,4,7-11,15H2. The van der Waals surface area contributed by atoms with Crippen LogP contribution >= 0.6 is 0 Å². The Morgan fingerprint density at radius 1 is 1.31 bits per heavy atom. The molecule has 0 amide bonds. The number of benzene rings is 1. The summed E-state index contributed by atoms with van der Waals surface area (Å²) in [5.74, 6) is 0.678. The fourth-order valence-electron chi connectivity index (χ4n) is 2.46. The van der Waals surface area contributed by atoms with E-state index < -0.39 is 0 Å². The van der Waals surface area contributed by atoms with Gasteiger partial charge in [0.1, 0.15) is 0 Å². The molecule has 1 aromatic carbocycles. The van der Waals surface area contributed by atoms with Crippen molar-refractivity contribution in [2.45, 2.75) is 31.7 Å². The summed E-state index contributed by atoms with van der Waals surface area (Å²) in [5.41, 5.74) is 7.66. The van der Waals surface area contributed by atoms with Gasteiger partial charge in [-0.25, -0.2) is 0 Å². The van der Waals surface area contributed by atoms with Gasteiger partial charge in [-0.3, -0.25) is 0 Å². The van der Waals surface area contributed by atoms with Gasteiger partial charge in [-0.2, -0.15) is 0 Å². The van der Waals surface area contributed by atoms with Crippen LogP contribution in [0.4, 0.5) is 0 Å². The Labute approximate surface area is 98.2 Å². The minimum absolute atomic E-state index is 0.355. The van der Waals surface area contributed by atoms with Crippen LogP contribution < -0.4 is 11.1 Å². The average molecular weight is 218 g/mol. The predicted octanol–water partition coefficient (Wildman–Crippen LogP) is 1.95. The molecular formula is C14H22N2. The van der Waals surface area contributed by atoms with Crippen molar-refractivity contribution >= 4 is 0 Å². The van der Waals surface area contributed by atoms with Crippen LogP contribution in [0, 0.1) is 5.92 Å². The molecule has 1 aliphatic rings. The number of piperidine rings is 1. The highest BCUT2D eigenvalue weighted by molar-refractivity contribution is 5.14. The molecule has 2 nitrogen and oxygen atoms in total. The van der Waals surface area contributed by atoms with Crippen LogP contribution in [0.15, 0.2) is 30.3 Å². The Hall–Kier alpha value is -0.860. The first-order valence-electron chi connectivity index (χ1n) is 6.36. The molecule has 0 aromatic heterocycles. The van der Waals surface area contributed by atoms with Crippen LogP contribution in [0.3, 0.4) is 0 Å². The molecule has 1 fully saturated rings. The highest BCUT2D eigenvalue weighted by Crippen LogP contribution is 2.16. The molecule has 16 heavy (non-hydrogen) atoms. The van der Waals surface area contributed by atoms with Crippen LogP contribution in [0.2, 0.25) is 0 Å². The fraction of sp³-hybridized carbons (Fsp3) is 0.571. The Bertz CT molecular complexity index is 291. The van der Waals surface area contributed by atoms with E-state index in [9.17, 15) is 0 Å². The third-order valence-electron chi connectivity index (χ3n) is 3.55. The Kier molecular flexibility index (Phi) is 4.37. The molecule has 2 unspecified atom stereocenters. The van der Waals surface area contributed by atoms with Crippen LogP contribution in [0.5, 0.6) is 0 Å². The smallest absolute Gasteiger partial charge is 0.00824 e. The summed E-state index contributed by atoms with van der Waals surface area (Å²) in [7, 11) is 0. The lowest BCUT2D eigenvalue weighted by atomic mass is 9.89. The first kappa shape index (κ1) is 11.6. The van der Waals surface area contributed by atoms with Gasteiger partial charge < -0.3 is 11.1 Å². The van der Waals surface area contributed by atoms with Crippen molar-refractivity contribution in [2.24, 2.45) is 11.7 Å². The number of nitrogens with two attached hydrogens (primary N) is 1. The molecule has 88 valence electrons. The topological polar surface area (TPSA) is 38.0 Å². The Morgan fingerprint density at radius 3 is 2.81 bits per heavy atom. The van der Waals surface area contributed by atoms with E-state index in [4.69, 9.17) is 5.73 Å². The van der Waals surface area contributed by atoms with Gasteiger partial charge in [0.2, 0.25) is 0 Å². The maximum atomic E-state index is 6.26. The molecule has 1 aliphatic heterocycles. The first-order chi connectivity index (χ1) is 7.86. The number of hydrogen-bond donors (Lipinski definition) is 2. The van der Waals surface area contributed by atoms with Gasteiger partial charge in [-0.15, -0.1) is 0 Å². The Morgan fingerprint density at radius 2 is 2.12 bits per heavy atom. The van der Waals surface area contributed by atoms with Crippen LogP contribution in [-0.4, -0.2) is 19.1 Å². The molecule has 0 aliphatic carbocycles. The third kappa shape index (κ3) is 3.32. The molecule has 3 N–H and O–H groups in total. The third-order valence-corrected chi connectivity index (χ3v) is 3.55. The summed E-state index contributed by atoms with van der Waals surface area (Å²) in [5, 5.41) is 3.43. The van der Waals surface area contributed by atoms with Crippen molar-refractivity contribution in [1.29, 1.82) is 0 Å². The van der Waals surface area contributed by atoms with Crippen molar-refractivity contribution in [2.75, 3.05) is 13.1 Å². The van der Waals surface area contributed by atoms with E-state index >= 15 is 0 Å². The Balaban J connectivity index is 1.76. The van der Waals surface area contributed by atoms with Gasteiger partial charge >= 0.3 is 0 Å². The van der Waals surface area contributed by atoms with E-state index in [1.165, 1.54) is 24.9 Å². The van der Waals surface area contributed by atoms with E-state index in [0.717, 1.165) is 19.4 Å². The highest BCUT2D eigenvalue weighted by atomic mass is 14.9. The van der Waals surface area contributed by atoms with E-state index in [1.807, 2.05) is 0 Å². The number of aryl methyl sites for hydroxylation is 1. The lowest BCUT2D eigenvalue weighted by molar-refractivity contribution is 0.312. The van der Waals surface area contributed by atoms with Gasteiger partial charge in [-0.1, -0.05) is 30.3 Å². The predicted molar refractivity (Wildman–Crippen MR) is 68.3 cm³/mol. The second-order valence-corrected chi connectivity index (χ2v) is 4.79. The summed E-state index contributed by atoms with van der Waals surface area (Å²) in [6.07, 6.45) is 4.79. The molecule has 0 bridgehead atoms. The maximum absolute atomic E-state index is 6.26. The monoisotopic (exact) mass is 218 g/mol. The minimum atomic E-state index is 0.355. The van der Waals surface area contributed by atoms with Crippen LogP contribution in [0.25, 0.3) is 0 Å². The van der Waals surface area contributed by atoms with Gasteiger partial charge in [0.25, 0.3) is 0 Å². The summed E-state index contributed by atoms with van der Waals surface area (Å²) >= 11 is 0. The normalized spacial score (nSPS) is 22.9. The molecule has 2 atom stereocenters. The van der Waals surface area contributed by atoms with E-state index in [2.05, 4.69) is 35.6 Å². The van der Waals surface area contributed by atoms with Gasteiger partial charge in [0, 0.05) is 6.04 Å². The van der Waals surface area contributed by atoms with Crippen molar-refractivity contribution in [3.8, 4) is 0 Å².